The lowest BCUT2D eigenvalue weighted by Gasteiger charge is -2.18. The molecule has 1 aromatic carbocycles. The van der Waals surface area contributed by atoms with E-state index in [0.29, 0.717) is 9.90 Å². The van der Waals surface area contributed by atoms with Crippen molar-refractivity contribution >= 4 is 42.8 Å². The van der Waals surface area contributed by atoms with Gasteiger partial charge in [0.15, 0.2) is 9.84 Å². The predicted octanol–water partition coefficient (Wildman–Crippen LogP) is 3.60. The summed E-state index contributed by atoms with van der Waals surface area (Å²) in [5, 5.41) is -1.13. The molecule has 3 aromatic rings. The van der Waals surface area contributed by atoms with Crippen molar-refractivity contribution in [3.63, 3.8) is 0 Å². The van der Waals surface area contributed by atoms with Gasteiger partial charge in [-0.25, -0.2) is 21.6 Å². The second-order valence-electron chi connectivity index (χ2n) is 6.04. The van der Waals surface area contributed by atoms with Gasteiger partial charge in [0, 0.05) is 18.9 Å². The molecular formula is C18H17ClN2O4S3. The molecule has 0 amide bonds. The van der Waals surface area contributed by atoms with Crippen LogP contribution >= 0.6 is 22.9 Å². The monoisotopic (exact) mass is 456 g/mol. The van der Waals surface area contributed by atoms with Gasteiger partial charge in [0.2, 0.25) is 10.0 Å². The van der Waals surface area contributed by atoms with Crippen LogP contribution in [-0.2, 0) is 19.9 Å². The van der Waals surface area contributed by atoms with Gasteiger partial charge in [-0.2, -0.15) is 0 Å². The maximum atomic E-state index is 13.2. The standard InChI is InChI=1S/C18H17ClN2O4S3/c1-13-4-6-15(7-5-13)27(22,23)16(14-3-2-10-20-11-14)12-21-28(24,25)18-9-8-17(19)26-18/h2-11,16,21H,12H2,1H3/t16-/m1/s1. The Balaban J connectivity index is 1.95. The van der Waals surface area contributed by atoms with Crippen LogP contribution in [0.2, 0.25) is 4.34 Å². The van der Waals surface area contributed by atoms with E-state index < -0.39 is 25.1 Å². The number of sulfone groups is 1. The van der Waals surface area contributed by atoms with E-state index in [1.54, 1.807) is 24.3 Å². The van der Waals surface area contributed by atoms with Crippen LogP contribution in [0.25, 0.3) is 0 Å². The first-order valence-electron chi connectivity index (χ1n) is 8.15. The van der Waals surface area contributed by atoms with Crippen molar-refractivity contribution in [2.24, 2.45) is 0 Å². The lowest BCUT2D eigenvalue weighted by atomic mass is 10.2. The summed E-state index contributed by atoms with van der Waals surface area (Å²) in [5.74, 6) is 0. The minimum absolute atomic E-state index is 0.0233. The van der Waals surface area contributed by atoms with Crippen LogP contribution in [0.3, 0.4) is 0 Å². The van der Waals surface area contributed by atoms with E-state index in [0.717, 1.165) is 16.9 Å². The first-order chi connectivity index (χ1) is 13.2. The SMILES string of the molecule is Cc1ccc(S(=O)(=O)[C@H](CNS(=O)(=O)c2ccc(Cl)s2)c2cccnc2)cc1. The zero-order valence-electron chi connectivity index (χ0n) is 14.7. The van der Waals surface area contributed by atoms with E-state index in [9.17, 15) is 16.8 Å². The normalized spacial score (nSPS) is 13.4. The number of thiophene rings is 1. The molecule has 28 heavy (non-hydrogen) atoms. The fourth-order valence-corrected chi connectivity index (χ4v) is 6.89. The van der Waals surface area contributed by atoms with Crippen LogP contribution in [0.1, 0.15) is 16.4 Å². The number of benzene rings is 1. The molecule has 1 N–H and O–H groups in total. The number of aromatic nitrogens is 1. The molecule has 2 heterocycles. The maximum Gasteiger partial charge on any atom is 0.250 e. The van der Waals surface area contributed by atoms with Crippen molar-refractivity contribution in [2.75, 3.05) is 6.54 Å². The summed E-state index contributed by atoms with van der Waals surface area (Å²) < 4.78 is 54.2. The molecule has 2 aromatic heterocycles. The number of sulfonamides is 1. The molecule has 0 bridgehead atoms. The molecule has 0 aliphatic carbocycles. The number of nitrogens with zero attached hydrogens (tertiary/aromatic N) is 1. The average Bonchev–Trinajstić information content (AvgIpc) is 3.10. The molecular weight excluding hydrogens is 440 g/mol. The highest BCUT2D eigenvalue weighted by Gasteiger charge is 2.31. The van der Waals surface area contributed by atoms with Crippen LogP contribution in [0.5, 0.6) is 0 Å². The lowest BCUT2D eigenvalue weighted by Crippen LogP contribution is -2.31. The van der Waals surface area contributed by atoms with Crippen molar-refractivity contribution in [2.45, 2.75) is 21.3 Å². The Labute approximate surface area is 173 Å². The number of nitrogens with one attached hydrogen (secondary N) is 1. The highest BCUT2D eigenvalue weighted by molar-refractivity contribution is 7.92. The molecule has 3 rings (SSSR count). The van der Waals surface area contributed by atoms with Gasteiger partial charge >= 0.3 is 0 Å². The predicted molar refractivity (Wildman–Crippen MR) is 110 cm³/mol. The molecule has 0 saturated carbocycles. The lowest BCUT2D eigenvalue weighted by molar-refractivity contribution is 0.569. The van der Waals surface area contributed by atoms with Gasteiger partial charge in [-0.3, -0.25) is 4.98 Å². The topological polar surface area (TPSA) is 93.2 Å². The van der Waals surface area contributed by atoms with Crippen molar-refractivity contribution < 1.29 is 16.8 Å². The van der Waals surface area contributed by atoms with E-state index in [4.69, 9.17) is 11.6 Å². The summed E-state index contributed by atoms with van der Waals surface area (Å²) in [6.07, 6.45) is 2.95. The van der Waals surface area contributed by atoms with Crippen LogP contribution in [0, 0.1) is 6.92 Å². The third-order valence-electron chi connectivity index (χ3n) is 4.05. The van der Waals surface area contributed by atoms with Crippen LogP contribution in [0.15, 0.2) is 70.0 Å². The van der Waals surface area contributed by atoms with Gasteiger partial charge in [-0.05, 0) is 42.8 Å². The fourth-order valence-electron chi connectivity index (χ4n) is 2.56. The van der Waals surface area contributed by atoms with E-state index in [-0.39, 0.29) is 15.6 Å². The Morgan fingerprint density at radius 1 is 1.07 bits per heavy atom. The number of halogens is 1. The van der Waals surface area contributed by atoms with Crippen molar-refractivity contribution in [3.8, 4) is 0 Å². The van der Waals surface area contributed by atoms with Crippen molar-refractivity contribution in [1.82, 2.24) is 9.71 Å². The first-order valence-corrected chi connectivity index (χ1v) is 12.4. The molecule has 0 aliphatic heterocycles. The van der Waals surface area contributed by atoms with Crippen molar-refractivity contribution in [1.29, 1.82) is 0 Å². The minimum Gasteiger partial charge on any atom is -0.264 e. The van der Waals surface area contributed by atoms with Gasteiger partial charge in [0.05, 0.1) is 9.23 Å². The second-order valence-corrected chi connectivity index (χ2v) is 11.9. The molecule has 0 fully saturated rings. The Bertz CT molecular complexity index is 1160. The van der Waals surface area contributed by atoms with Crippen LogP contribution < -0.4 is 4.72 Å². The highest BCUT2D eigenvalue weighted by atomic mass is 35.5. The fraction of sp³-hybridized carbons (Fsp3) is 0.167. The third kappa shape index (κ3) is 4.61. The molecule has 0 radical (unpaired) electrons. The Morgan fingerprint density at radius 2 is 1.79 bits per heavy atom. The van der Waals surface area contributed by atoms with Crippen LogP contribution in [0.4, 0.5) is 0 Å². The van der Waals surface area contributed by atoms with Crippen molar-refractivity contribution in [3.05, 3.63) is 76.4 Å². The van der Waals surface area contributed by atoms with E-state index >= 15 is 0 Å². The summed E-state index contributed by atoms with van der Waals surface area (Å²) in [5.41, 5.74) is 1.32. The molecule has 0 unspecified atom stereocenters. The molecule has 0 aliphatic rings. The van der Waals surface area contributed by atoms with Gasteiger partial charge in [0.25, 0.3) is 0 Å². The summed E-state index contributed by atoms with van der Waals surface area (Å²) in [7, 11) is -7.75. The second kappa shape index (κ2) is 8.30. The number of hydrogen-bond acceptors (Lipinski definition) is 6. The quantitative estimate of drug-likeness (QED) is 0.586. The van der Waals surface area contributed by atoms with Gasteiger partial charge in [-0.1, -0.05) is 35.4 Å². The molecule has 0 spiro atoms. The number of aryl methyl sites for hydroxylation is 1. The summed E-state index contributed by atoms with van der Waals surface area (Å²) in [6, 6.07) is 12.5. The third-order valence-corrected chi connectivity index (χ3v) is 9.32. The molecule has 1 atom stereocenters. The smallest absolute Gasteiger partial charge is 0.250 e. The number of pyridine rings is 1. The first kappa shape index (κ1) is 20.9. The summed E-state index contributed by atoms with van der Waals surface area (Å²) in [4.78, 5) is 4.09. The largest absolute Gasteiger partial charge is 0.264 e. The summed E-state index contributed by atoms with van der Waals surface area (Å²) >= 11 is 6.71. The molecule has 148 valence electrons. The number of rotatable bonds is 7. The van der Waals surface area contributed by atoms with E-state index in [2.05, 4.69) is 9.71 Å². The van der Waals surface area contributed by atoms with Gasteiger partial charge in [0.1, 0.15) is 9.46 Å². The average molecular weight is 457 g/mol. The van der Waals surface area contributed by atoms with E-state index in [1.807, 2.05) is 6.92 Å². The highest BCUT2D eigenvalue weighted by Crippen LogP contribution is 2.30. The Hall–Kier alpha value is -1.78. The van der Waals surface area contributed by atoms with Gasteiger partial charge < -0.3 is 0 Å². The number of hydrogen-bond donors (Lipinski definition) is 1. The Morgan fingerprint density at radius 3 is 2.36 bits per heavy atom. The molecule has 6 nitrogen and oxygen atoms in total. The van der Waals surface area contributed by atoms with Gasteiger partial charge in [-0.15, -0.1) is 11.3 Å². The zero-order chi connectivity index (χ0) is 20.4. The Kier molecular flexibility index (Phi) is 6.21. The van der Waals surface area contributed by atoms with E-state index in [1.165, 1.54) is 36.7 Å². The molecule has 10 heteroatoms. The minimum atomic E-state index is -3.89. The zero-order valence-corrected chi connectivity index (χ0v) is 17.9. The maximum absolute atomic E-state index is 13.2. The summed E-state index contributed by atoms with van der Waals surface area (Å²) in [6.45, 7) is 1.52. The molecule has 0 saturated heterocycles. The van der Waals surface area contributed by atoms with Crippen LogP contribution in [-0.4, -0.2) is 28.4 Å².